The maximum atomic E-state index is 12.5. The zero-order valence-electron chi connectivity index (χ0n) is 12.0. The van der Waals surface area contributed by atoms with E-state index >= 15 is 0 Å². The first-order valence-electron chi connectivity index (χ1n) is 7.09. The zero-order chi connectivity index (χ0) is 14.8. The van der Waals surface area contributed by atoms with Crippen LogP contribution in [-0.2, 0) is 24.3 Å². The van der Waals surface area contributed by atoms with Crippen LogP contribution in [0.1, 0.15) is 38.5 Å². The van der Waals surface area contributed by atoms with Crippen molar-refractivity contribution in [2.24, 2.45) is 5.92 Å². The first-order valence-corrected chi connectivity index (χ1v) is 8.64. The van der Waals surface area contributed by atoms with E-state index in [0.29, 0.717) is 19.3 Å². The number of esters is 1. The van der Waals surface area contributed by atoms with Gasteiger partial charge in [0.15, 0.2) is 0 Å². The lowest BCUT2D eigenvalue weighted by Crippen LogP contribution is -2.43. The lowest BCUT2D eigenvalue weighted by atomic mass is 10.1. The van der Waals surface area contributed by atoms with Gasteiger partial charge in [0.05, 0.1) is 24.4 Å². The summed E-state index contributed by atoms with van der Waals surface area (Å²) in [5.74, 6) is -0.948. The lowest BCUT2D eigenvalue weighted by Gasteiger charge is -2.21. The fraction of sp³-hybridized carbons (Fsp3) is 0.923. The van der Waals surface area contributed by atoms with Crippen molar-refractivity contribution in [3.05, 3.63) is 0 Å². The van der Waals surface area contributed by atoms with Crippen LogP contribution in [0.25, 0.3) is 0 Å². The predicted molar refractivity (Wildman–Crippen MR) is 73.6 cm³/mol. The van der Waals surface area contributed by atoms with Crippen molar-refractivity contribution < 1.29 is 22.7 Å². The van der Waals surface area contributed by atoms with Gasteiger partial charge >= 0.3 is 5.97 Å². The number of hydrogen-bond acceptors (Lipinski definition) is 5. The molecule has 2 fully saturated rings. The summed E-state index contributed by atoms with van der Waals surface area (Å²) in [4.78, 5) is 11.7. The van der Waals surface area contributed by atoms with Crippen LogP contribution >= 0.6 is 0 Å². The molecule has 1 N–H and O–H groups in total. The van der Waals surface area contributed by atoms with Crippen LogP contribution in [0, 0.1) is 5.92 Å². The molecule has 2 saturated carbocycles. The smallest absolute Gasteiger partial charge is 0.310 e. The number of hydrogen-bond donors (Lipinski definition) is 1. The summed E-state index contributed by atoms with van der Waals surface area (Å²) < 4.78 is 37.6. The number of nitrogens with one attached hydrogen (secondary N) is 1. The lowest BCUT2D eigenvalue weighted by molar-refractivity contribution is -0.145. The molecule has 0 heterocycles. The molecule has 0 spiro atoms. The van der Waals surface area contributed by atoms with E-state index in [1.54, 1.807) is 7.11 Å². The Morgan fingerprint density at radius 1 is 1.15 bits per heavy atom. The molecule has 7 heteroatoms. The van der Waals surface area contributed by atoms with Crippen molar-refractivity contribution in [3.63, 3.8) is 0 Å². The second kappa shape index (κ2) is 6.41. The first-order chi connectivity index (χ1) is 9.47. The highest BCUT2D eigenvalue weighted by atomic mass is 32.2. The second-order valence-electron chi connectivity index (χ2n) is 5.63. The van der Waals surface area contributed by atoms with Crippen LogP contribution in [0.2, 0.25) is 0 Å². The largest absolute Gasteiger partial charge is 0.469 e. The number of rotatable bonds is 5. The third kappa shape index (κ3) is 3.32. The van der Waals surface area contributed by atoms with Gasteiger partial charge in [-0.2, -0.15) is 0 Å². The maximum absolute atomic E-state index is 12.5. The Hall–Kier alpha value is -0.660. The Morgan fingerprint density at radius 3 is 2.50 bits per heavy atom. The van der Waals surface area contributed by atoms with Crippen LogP contribution < -0.4 is 4.72 Å². The van der Waals surface area contributed by atoms with E-state index in [4.69, 9.17) is 9.47 Å². The summed E-state index contributed by atoms with van der Waals surface area (Å²) in [6, 6.07) is -0.0798. The van der Waals surface area contributed by atoms with Gasteiger partial charge in [0.1, 0.15) is 0 Å². The number of ether oxygens (including phenoxy) is 2. The van der Waals surface area contributed by atoms with Gasteiger partial charge in [0.2, 0.25) is 10.0 Å². The topological polar surface area (TPSA) is 81.7 Å². The van der Waals surface area contributed by atoms with Gasteiger partial charge < -0.3 is 9.47 Å². The quantitative estimate of drug-likeness (QED) is 0.760. The molecule has 0 aromatic heterocycles. The maximum Gasteiger partial charge on any atom is 0.310 e. The van der Waals surface area contributed by atoms with Crippen LogP contribution in [-0.4, -0.2) is 46.0 Å². The molecule has 2 rings (SSSR count). The van der Waals surface area contributed by atoms with E-state index in [0.717, 1.165) is 19.3 Å². The molecule has 0 saturated heterocycles. The number of sulfonamides is 1. The molecule has 0 radical (unpaired) electrons. The third-order valence-corrected chi connectivity index (χ3v) is 6.43. The van der Waals surface area contributed by atoms with Crippen LogP contribution in [0.5, 0.6) is 0 Å². The molecule has 2 aliphatic carbocycles. The molecule has 4 atom stereocenters. The van der Waals surface area contributed by atoms with Crippen molar-refractivity contribution in [3.8, 4) is 0 Å². The van der Waals surface area contributed by atoms with E-state index in [-0.39, 0.29) is 12.1 Å². The average Bonchev–Trinajstić information content (AvgIpc) is 3.05. The highest BCUT2D eigenvalue weighted by Gasteiger charge is 2.43. The Labute approximate surface area is 120 Å². The minimum atomic E-state index is -3.49. The molecule has 0 bridgehead atoms. The Balaban J connectivity index is 2.01. The van der Waals surface area contributed by atoms with Gasteiger partial charge in [-0.05, 0) is 32.1 Å². The summed E-state index contributed by atoms with van der Waals surface area (Å²) in [5, 5.41) is -0.656. The average molecular weight is 305 g/mol. The van der Waals surface area contributed by atoms with Gasteiger partial charge in [-0.3, -0.25) is 4.79 Å². The van der Waals surface area contributed by atoms with Gasteiger partial charge in [-0.15, -0.1) is 0 Å². The number of carbonyl (C=O) groups is 1. The van der Waals surface area contributed by atoms with Crippen LogP contribution in [0.3, 0.4) is 0 Å². The number of methoxy groups -OCH3 is 2. The van der Waals surface area contributed by atoms with E-state index in [1.807, 2.05) is 0 Å². The van der Waals surface area contributed by atoms with Crippen LogP contribution in [0.4, 0.5) is 0 Å². The third-order valence-electron chi connectivity index (χ3n) is 4.40. The van der Waals surface area contributed by atoms with Gasteiger partial charge in [0, 0.05) is 13.2 Å². The summed E-state index contributed by atoms with van der Waals surface area (Å²) in [6.07, 6.45) is 4.34. The molecule has 2 aliphatic rings. The number of carbonyl (C=O) groups excluding carboxylic acids is 1. The Kier molecular flexibility index (Phi) is 5.04. The van der Waals surface area contributed by atoms with Crippen LogP contribution in [0.15, 0.2) is 0 Å². The van der Waals surface area contributed by atoms with Crippen molar-refractivity contribution in [2.75, 3.05) is 14.2 Å². The predicted octanol–water partition coefficient (Wildman–Crippen LogP) is 0.815. The van der Waals surface area contributed by atoms with E-state index < -0.39 is 27.2 Å². The monoisotopic (exact) mass is 305 g/mol. The van der Waals surface area contributed by atoms with Crippen molar-refractivity contribution in [2.45, 2.75) is 55.9 Å². The van der Waals surface area contributed by atoms with E-state index in [1.165, 1.54) is 7.11 Å². The fourth-order valence-electron chi connectivity index (χ4n) is 3.30. The standard InChI is InChI=1S/C13H23NO5S/c1-18-10-7-6-9(8-10)14-20(16,17)12-5-3-4-11(12)13(15)19-2/h9-12,14H,3-8H2,1-2H3. The summed E-state index contributed by atoms with van der Waals surface area (Å²) in [7, 11) is -0.538. The SMILES string of the molecule is COC(=O)C1CCCC1S(=O)(=O)NC1CCC(OC)C1. The normalized spacial score (nSPS) is 34.3. The summed E-state index contributed by atoms with van der Waals surface area (Å²) >= 11 is 0. The Bertz CT molecular complexity index is 450. The van der Waals surface area contributed by atoms with Gasteiger partial charge in [0.25, 0.3) is 0 Å². The second-order valence-corrected chi connectivity index (χ2v) is 7.56. The summed E-state index contributed by atoms with van der Waals surface area (Å²) in [6.45, 7) is 0. The molecular weight excluding hydrogens is 282 g/mol. The van der Waals surface area contributed by atoms with Crippen molar-refractivity contribution in [1.29, 1.82) is 0 Å². The van der Waals surface area contributed by atoms with E-state index in [9.17, 15) is 13.2 Å². The highest BCUT2D eigenvalue weighted by molar-refractivity contribution is 7.90. The summed E-state index contributed by atoms with van der Waals surface area (Å²) in [5.41, 5.74) is 0. The zero-order valence-corrected chi connectivity index (χ0v) is 12.8. The molecule has 20 heavy (non-hydrogen) atoms. The molecular formula is C13H23NO5S. The fourth-order valence-corrected chi connectivity index (χ4v) is 5.31. The molecule has 0 aliphatic heterocycles. The molecule has 4 unspecified atom stereocenters. The minimum Gasteiger partial charge on any atom is -0.469 e. The molecule has 0 aromatic rings. The minimum absolute atomic E-state index is 0.0798. The molecule has 116 valence electrons. The van der Waals surface area contributed by atoms with Gasteiger partial charge in [-0.25, -0.2) is 13.1 Å². The van der Waals surface area contributed by atoms with E-state index in [2.05, 4.69) is 4.72 Å². The molecule has 0 aromatic carbocycles. The van der Waals surface area contributed by atoms with Crippen molar-refractivity contribution >= 4 is 16.0 Å². The Morgan fingerprint density at radius 2 is 1.90 bits per heavy atom. The molecule has 6 nitrogen and oxygen atoms in total. The van der Waals surface area contributed by atoms with Gasteiger partial charge in [-0.1, -0.05) is 6.42 Å². The first kappa shape index (κ1) is 15.7. The molecule has 0 amide bonds. The van der Waals surface area contributed by atoms with Crippen molar-refractivity contribution in [1.82, 2.24) is 4.72 Å². The highest BCUT2D eigenvalue weighted by Crippen LogP contribution is 2.32.